The summed E-state index contributed by atoms with van der Waals surface area (Å²) in [4.78, 5) is 24.0. The van der Waals surface area contributed by atoms with Gasteiger partial charge in [0.15, 0.2) is 0 Å². The van der Waals surface area contributed by atoms with E-state index in [1.807, 2.05) is 0 Å². The summed E-state index contributed by atoms with van der Waals surface area (Å²) in [6.45, 7) is 2.24. The van der Waals surface area contributed by atoms with Crippen LogP contribution in [0, 0.1) is 40.8 Å². The third-order valence-electron chi connectivity index (χ3n) is 7.20. The van der Waals surface area contributed by atoms with Crippen LogP contribution in [0.25, 0.3) is 11.1 Å². The number of nitrogens with zero attached hydrogens (tertiary/aromatic N) is 1. The van der Waals surface area contributed by atoms with Crippen molar-refractivity contribution in [3.63, 3.8) is 0 Å². The standard InChI is InChI=1S/C23H22FN3O3S/c1-10-19-15-7-17(20(10)19)27-21(15)22(28)26-14(8-25)4-12-3-2-11(5-16(12)24)13-6-18(23(29)30)31-9-13/h2-3,5-6,9-10,14-15,17,19-21,27H,4,7H2,1H3,(H,26,28)(H,29,30)/t10?,14-,15?,17?,19?,20?,21?/m0/s1. The van der Waals surface area contributed by atoms with Gasteiger partial charge in [-0.1, -0.05) is 19.1 Å². The average Bonchev–Trinajstić information content (AvgIpc) is 3.19. The molecule has 7 atom stereocenters. The minimum Gasteiger partial charge on any atom is -0.477 e. The first kappa shape index (κ1) is 20.2. The van der Waals surface area contributed by atoms with Gasteiger partial charge in [-0.2, -0.15) is 5.26 Å². The fourth-order valence-corrected chi connectivity index (χ4v) is 6.46. The van der Waals surface area contributed by atoms with Crippen LogP contribution in [-0.2, 0) is 11.2 Å². The van der Waals surface area contributed by atoms with Crippen LogP contribution in [0.5, 0.6) is 0 Å². The second-order valence-corrected chi connectivity index (χ2v) is 9.78. The van der Waals surface area contributed by atoms with Gasteiger partial charge in [0, 0.05) is 12.5 Å². The predicted octanol–water partition coefficient (Wildman–Crippen LogP) is 3.05. The smallest absolute Gasteiger partial charge is 0.345 e. The van der Waals surface area contributed by atoms with E-state index in [0.717, 1.165) is 17.8 Å². The normalized spacial score (nSPS) is 31.0. The van der Waals surface area contributed by atoms with Gasteiger partial charge in [0.2, 0.25) is 5.91 Å². The summed E-state index contributed by atoms with van der Waals surface area (Å²) >= 11 is 1.09. The number of hydrogen-bond donors (Lipinski definition) is 3. The van der Waals surface area contributed by atoms with Crippen molar-refractivity contribution in [2.24, 2.45) is 23.7 Å². The maximum absolute atomic E-state index is 14.7. The first-order chi connectivity index (χ1) is 14.9. The van der Waals surface area contributed by atoms with E-state index in [0.29, 0.717) is 46.4 Å². The first-order valence-corrected chi connectivity index (χ1v) is 11.3. The van der Waals surface area contributed by atoms with Gasteiger partial charge >= 0.3 is 5.97 Å². The molecule has 2 bridgehead atoms. The van der Waals surface area contributed by atoms with Crippen LogP contribution in [-0.4, -0.2) is 35.1 Å². The number of nitriles is 1. The molecule has 1 aliphatic heterocycles. The zero-order valence-corrected chi connectivity index (χ0v) is 17.7. The highest BCUT2D eigenvalue weighted by Gasteiger charge is 2.67. The highest BCUT2D eigenvalue weighted by Crippen LogP contribution is 2.64. The fourth-order valence-electron chi connectivity index (χ4n) is 5.71. The summed E-state index contributed by atoms with van der Waals surface area (Å²) in [6, 6.07) is 7.54. The Labute approximate surface area is 183 Å². The molecule has 31 heavy (non-hydrogen) atoms. The Hall–Kier alpha value is -2.76. The number of carbonyl (C=O) groups is 2. The van der Waals surface area contributed by atoms with E-state index in [2.05, 4.69) is 23.6 Å². The van der Waals surface area contributed by atoms with Crippen molar-refractivity contribution in [2.75, 3.05) is 0 Å². The van der Waals surface area contributed by atoms with Gasteiger partial charge in [-0.3, -0.25) is 4.79 Å². The lowest BCUT2D eigenvalue weighted by Gasteiger charge is -2.23. The monoisotopic (exact) mass is 439 g/mol. The molecule has 1 aromatic carbocycles. The molecule has 0 radical (unpaired) electrons. The van der Waals surface area contributed by atoms with Crippen molar-refractivity contribution in [1.82, 2.24) is 10.6 Å². The van der Waals surface area contributed by atoms with Crippen LogP contribution in [0.1, 0.15) is 28.6 Å². The number of fused-ring (bicyclic) bond motifs is 5. The maximum atomic E-state index is 14.7. The Morgan fingerprint density at radius 2 is 2.16 bits per heavy atom. The van der Waals surface area contributed by atoms with Crippen LogP contribution in [0.15, 0.2) is 29.6 Å². The minimum atomic E-state index is -1.02. The first-order valence-electron chi connectivity index (χ1n) is 10.4. The van der Waals surface area contributed by atoms with E-state index in [1.54, 1.807) is 17.5 Å². The highest BCUT2D eigenvalue weighted by molar-refractivity contribution is 7.12. The molecule has 3 aliphatic rings. The van der Waals surface area contributed by atoms with E-state index in [4.69, 9.17) is 5.11 Å². The second kappa shape index (κ2) is 7.43. The number of aromatic carboxylic acids is 1. The molecule has 2 saturated carbocycles. The number of hydrogen-bond acceptors (Lipinski definition) is 5. The van der Waals surface area contributed by atoms with Gasteiger partial charge in [-0.25, -0.2) is 9.18 Å². The molecule has 2 aromatic rings. The zero-order valence-electron chi connectivity index (χ0n) is 16.8. The van der Waals surface area contributed by atoms with E-state index >= 15 is 0 Å². The van der Waals surface area contributed by atoms with Gasteiger partial charge in [-0.15, -0.1) is 11.3 Å². The van der Waals surface area contributed by atoms with E-state index in [-0.39, 0.29) is 23.2 Å². The van der Waals surface area contributed by atoms with Gasteiger partial charge in [0.05, 0.1) is 12.1 Å². The Morgan fingerprint density at radius 1 is 1.35 bits per heavy atom. The van der Waals surface area contributed by atoms with Crippen molar-refractivity contribution in [1.29, 1.82) is 5.26 Å². The molecule has 6 unspecified atom stereocenters. The molecule has 1 saturated heterocycles. The number of thiophene rings is 1. The zero-order chi connectivity index (χ0) is 21.9. The summed E-state index contributed by atoms with van der Waals surface area (Å²) in [6.07, 6.45) is 1.10. The van der Waals surface area contributed by atoms with E-state index in [9.17, 15) is 19.2 Å². The lowest BCUT2D eigenvalue weighted by Crippen LogP contribution is -2.51. The van der Waals surface area contributed by atoms with Crippen LogP contribution in [0.2, 0.25) is 0 Å². The van der Waals surface area contributed by atoms with Crippen molar-refractivity contribution >= 4 is 23.2 Å². The summed E-state index contributed by atoms with van der Waals surface area (Å²) in [5.74, 6) is 0.646. The van der Waals surface area contributed by atoms with Crippen LogP contribution < -0.4 is 10.6 Å². The number of benzene rings is 1. The molecule has 3 fully saturated rings. The minimum absolute atomic E-state index is 0.0711. The molecule has 2 aliphatic carbocycles. The number of carboxylic acids is 1. The van der Waals surface area contributed by atoms with Gasteiger partial charge in [0.25, 0.3) is 0 Å². The number of amides is 1. The molecule has 8 heteroatoms. The lowest BCUT2D eigenvalue weighted by atomic mass is 9.94. The molecule has 6 nitrogen and oxygen atoms in total. The number of nitrogens with one attached hydrogen (secondary N) is 2. The Balaban J connectivity index is 1.24. The summed E-state index contributed by atoms with van der Waals surface area (Å²) in [5, 5.41) is 26.5. The topological polar surface area (TPSA) is 102 Å². The molecule has 1 amide bonds. The SMILES string of the molecule is CC1C2C3CC(C(C(=O)N[C@H](C#N)Cc4ccc(-c5csc(C(=O)O)c5)cc4F)N3)C12. The van der Waals surface area contributed by atoms with Crippen molar-refractivity contribution in [2.45, 2.75) is 37.9 Å². The second-order valence-electron chi connectivity index (χ2n) is 8.87. The Morgan fingerprint density at radius 3 is 2.81 bits per heavy atom. The molecule has 5 rings (SSSR count). The number of piperidine rings is 1. The molecule has 3 N–H and O–H groups in total. The molecule has 160 valence electrons. The van der Waals surface area contributed by atoms with Crippen LogP contribution in [0.3, 0.4) is 0 Å². The fraction of sp³-hybridized carbons (Fsp3) is 0.435. The van der Waals surface area contributed by atoms with Gasteiger partial charge < -0.3 is 15.7 Å². The summed E-state index contributed by atoms with van der Waals surface area (Å²) in [7, 11) is 0. The quantitative estimate of drug-likeness (QED) is 0.642. The Kier molecular flexibility index (Phi) is 4.83. The van der Waals surface area contributed by atoms with E-state index < -0.39 is 17.8 Å². The van der Waals surface area contributed by atoms with Gasteiger partial charge in [0.1, 0.15) is 16.7 Å². The predicted molar refractivity (Wildman–Crippen MR) is 113 cm³/mol. The lowest BCUT2D eigenvalue weighted by molar-refractivity contribution is -0.124. The Bertz CT molecular complexity index is 1110. The third kappa shape index (κ3) is 3.42. The number of carbonyl (C=O) groups excluding carboxylic acids is 1. The van der Waals surface area contributed by atoms with Crippen molar-refractivity contribution < 1.29 is 19.1 Å². The van der Waals surface area contributed by atoms with Crippen molar-refractivity contribution in [3.8, 4) is 17.2 Å². The molecule has 1 aromatic heterocycles. The molecule has 2 heterocycles. The molecular weight excluding hydrogens is 417 g/mol. The average molecular weight is 440 g/mol. The van der Waals surface area contributed by atoms with Crippen LogP contribution in [0.4, 0.5) is 4.39 Å². The number of rotatable bonds is 6. The van der Waals surface area contributed by atoms with E-state index in [1.165, 1.54) is 12.1 Å². The third-order valence-corrected chi connectivity index (χ3v) is 8.12. The largest absolute Gasteiger partial charge is 0.477 e. The summed E-state index contributed by atoms with van der Waals surface area (Å²) in [5.41, 5.74) is 1.54. The van der Waals surface area contributed by atoms with Crippen molar-refractivity contribution in [3.05, 3.63) is 45.9 Å². The number of halogens is 1. The maximum Gasteiger partial charge on any atom is 0.345 e. The summed E-state index contributed by atoms with van der Waals surface area (Å²) < 4.78 is 14.7. The number of carboxylic acid groups (broad SMARTS) is 1. The van der Waals surface area contributed by atoms with Crippen LogP contribution >= 0.6 is 11.3 Å². The van der Waals surface area contributed by atoms with Gasteiger partial charge in [-0.05, 0) is 64.3 Å². The molecular formula is C23H22FN3O3S. The molecule has 0 spiro atoms. The highest BCUT2D eigenvalue weighted by atomic mass is 32.1.